The van der Waals surface area contributed by atoms with E-state index >= 15 is 0 Å². The van der Waals surface area contributed by atoms with Crippen molar-refractivity contribution >= 4 is 45.6 Å². The lowest BCUT2D eigenvalue weighted by molar-refractivity contribution is 0.407. The predicted octanol–water partition coefficient (Wildman–Crippen LogP) is 2.09. The van der Waals surface area contributed by atoms with E-state index in [1.54, 1.807) is 6.07 Å². The van der Waals surface area contributed by atoms with Gasteiger partial charge in [0.1, 0.15) is 11.6 Å². The Labute approximate surface area is 100.0 Å². The quantitative estimate of drug-likeness (QED) is 0.645. The molecular formula is C8H8FIN2OS. The van der Waals surface area contributed by atoms with Crippen LogP contribution in [0.2, 0.25) is 0 Å². The highest BCUT2D eigenvalue weighted by Gasteiger charge is 2.08. The Morgan fingerprint density at radius 1 is 1.64 bits per heavy atom. The minimum Gasteiger partial charge on any atom is -0.495 e. The normalized spacial score (nSPS) is 9.64. The molecule has 1 aromatic carbocycles. The maximum atomic E-state index is 13.3. The molecule has 0 unspecified atom stereocenters. The molecule has 1 aromatic rings. The molecule has 0 aliphatic heterocycles. The third kappa shape index (κ3) is 2.68. The third-order valence-corrected chi connectivity index (χ3v) is 2.63. The van der Waals surface area contributed by atoms with Crippen molar-refractivity contribution in [1.29, 1.82) is 0 Å². The van der Waals surface area contributed by atoms with Gasteiger partial charge in [0.05, 0.1) is 10.7 Å². The van der Waals surface area contributed by atoms with Crippen molar-refractivity contribution in [2.75, 3.05) is 12.4 Å². The summed E-state index contributed by atoms with van der Waals surface area (Å²) in [4.78, 5) is 0. The SMILES string of the molecule is COc1cc(NC(N)=S)cc(F)c1I. The first-order valence-corrected chi connectivity index (χ1v) is 5.12. The van der Waals surface area contributed by atoms with E-state index < -0.39 is 0 Å². The monoisotopic (exact) mass is 326 g/mol. The molecular weight excluding hydrogens is 318 g/mol. The molecule has 3 nitrogen and oxygen atoms in total. The summed E-state index contributed by atoms with van der Waals surface area (Å²) in [5, 5.41) is 2.72. The van der Waals surface area contributed by atoms with E-state index in [0.29, 0.717) is 15.0 Å². The number of hydrogen-bond acceptors (Lipinski definition) is 2. The number of benzene rings is 1. The fourth-order valence-electron chi connectivity index (χ4n) is 0.927. The molecule has 0 saturated carbocycles. The lowest BCUT2D eigenvalue weighted by Crippen LogP contribution is -2.19. The Kier molecular flexibility index (Phi) is 3.87. The van der Waals surface area contributed by atoms with E-state index in [2.05, 4.69) is 17.5 Å². The number of nitrogens with one attached hydrogen (secondary N) is 1. The first-order valence-electron chi connectivity index (χ1n) is 3.64. The van der Waals surface area contributed by atoms with Gasteiger partial charge in [-0.05, 0) is 40.9 Å². The van der Waals surface area contributed by atoms with Crippen LogP contribution in [0.15, 0.2) is 12.1 Å². The largest absolute Gasteiger partial charge is 0.495 e. The minimum absolute atomic E-state index is 0.0904. The maximum absolute atomic E-state index is 13.3. The van der Waals surface area contributed by atoms with Crippen LogP contribution < -0.4 is 15.8 Å². The van der Waals surface area contributed by atoms with Crippen molar-refractivity contribution in [2.45, 2.75) is 0 Å². The summed E-state index contributed by atoms with van der Waals surface area (Å²) in [5.74, 6) is 0.0769. The van der Waals surface area contributed by atoms with E-state index in [-0.39, 0.29) is 10.9 Å². The van der Waals surface area contributed by atoms with Crippen LogP contribution >= 0.6 is 34.8 Å². The summed E-state index contributed by atoms with van der Waals surface area (Å²) in [6.45, 7) is 0. The second-order valence-electron chi connectivity index (χ2n) is 2.46. The van der Waals surface area contributed by atoms with Gasteiger partial charge in [0, 0.05) is 11.8 Å². The van der Waals surface area contributed by atoms with Gasteiger partial charge in [-0.15, -0.1) is 0 Å². The molecule has 0 fully saturated rings. The predicted molar refractivity (Wildman–Crippen MR) is 66.1 cm³/mol. The highest BCUT2D eigenvalue weighted by atomic mass is 127. The molecule has 0 bridgehead atoms. The average molecular weight is 326 g/mol. The molecule has 0 amide bonds. The summed E-state index contributed by atoms with van der Waals surface area (Å²) >= 11 is 6.50. The molecule has 0 atom stereocenters. The zero-order valence-electron chi connectivity index (χ0n) is 7.30. The first-order chi connectivity index (χ1) is 6.54. The van der Waals surface area contributed by atoms with Gasteiger partial charge in [-0.3, -0.25) is 0 Å². The summed E-state index contributed by atoms with van der Waals surface area (Å²) in [6.07, 6.45) is 0. The van der Waals surface area contributed by atoms with Crippen molar-refractivity contribution in [3.8, 4) is 5.75 Å². The molecule has 1 rings (SSSR count). The Balaban J connectivity index is 3.09. The molecule has 0 radical (unpaired) electrons. The lowest BCUT2D eigenvalue weighted by Gasteiger charge is -2.08. The van der Waals surface area contributed by atoms with Gasteiger partial charge >= 0.3 is 0 Å². The third-order valence-electron chi connectivity index (χ3n) is 1.48. The molecule has 6 heteroatoms. The molecule has 0 aliphatic carbocycles. The second-order valence-corrected chi connectivity index (χ2v) is 3.98. The van der Waals surface area contributed by atoms with Crippen LogP contribution in [-0.2, 0) is 0 Å². The number of rotatable bonds is 2. The number of halogens is 2. The fourth-order valence-corrected chi connectivity index (χ4v) is 1.58. The van der Waals surface area contributed by atoms with Crippen molar-refractivity contribution in [1.82, 2.24) is 0 Å². The van der Waals surface area contributed by atoms with Gasteiger partial charge in [-0.25, -0.2) is 4.39 Å². The topological polar surface area (TPSA) is 47.3 Å². The van der Waals surface area contributed by atoms with Gasteiger partial charge in [0.2, 0.25) is 0 Å². The fraction of sp³-hybridized carbons (Fsp3) is 0.125. The zero-order chi connectivity index (χ0) is 10.7. The van der Waals surface area contributed by atoms with Gasteiger partial charge < -0.3 is 15.8 Å². The van der Waals surface area contributed by atoms with Gasteiger partial charge in [-0.1, -0.05) is 0 Å². The van der Waals surface area contributed by atoms with Crippen LogP contribution in [0, 0.1) is 9.39 Å². The van der Waals surface area contributed by atoms with Crippen LogP contribution in [-0.4, -0.2) is 12.2 Å². The van der Waals surface area contributed by atoms with E-state index in [0.717, 1.165) is 0 Å². The zero-order valence-corrected chi connectivity index (χ0v) is 10.3. The van der Waals surface area contributed by atoms with E-state index in [4.69, 9.17) is 10.5 Å². The van der Waals surface area contributed by atoms with Crippen molar-refractivity contribution in [2.24, 2.45) is 5.73 Å². The molecule has 14 heavy (non-hydrogen) atoms. The van der Waals surface area contributed by atoms with Crippen LogP contribution in [0.25, 0.3) is 0 Å². The summed E-state index contributed by atoms with van der Waals surface area (Å²) in [5.41, 5.74) is 5.74. The number of nitrogens with two attached hydrogens (primary N) is 1. The molecule has 76 valence electrons. The van der Waals surface area contributed by atoms with Crippen LogP contribution in [0.3, 0.4) is 0 Å². The van der Waals surface area contributed by atoms with E-state index in [1.165, 1.54) is 13.2 Å². The summed E-state index contributed by atoms with van der Waals surface area (Å²) in [6, 6.07) is 2.94. The van der Waals surface area contributed by atoms with Crippen LogP contribution in [0.4, 0.5) is 10.1 Å². The van der Waals surface area contributed by atoms with Crippen molar-refractivity contribution in [3.05, 3.63) is 21.5 Å². The first kappa shape index (κ1) is 11.4. The molecule has 0 saturated heterocycles. The molecule has 0 aromatic heterocycles. The van der Waals surface area contributed by atoms with Crippen molar-refractivity contribution in [3.63, 3.8) is 0 Å². The Morgan fingerprint density at radius 2 is 2.29 bits per heavy atom. The number of ether oxygens (including phenoxy) is 1. The smallest absolute Gasteiger partial charge is 0.168 e. The Morgan fingerprint density at radius 3 is 2.79 bits per heavy atom. The highest BCUT2D eigenvalue weighted by Crippen LogP contribution is 2.27. The lowest BCUT2D eigenvalue weighted by atomic mass is 10.3. The molecule has 0 aliphatic rings. The average Bonchev–Trinajstić information content (AvgIpc) is 2.10. The number of anilines is 1. The van der Waals surface area contributed by atoms with Gasteiger partial charge in [-0.2, -0.15) is 0 Å². The van der Waals surface area contributed by atoms with Gasteiger partial charge in [0.15, 0.2) is 5.11 Å². The molecule has 3 N–H and O–H groups in total. The highest BCUT2D eigenvalue weighted by molar-refractivity contribution is 14.1. The van der Waals surface area contributed by atoms with Crippen molar-refractivity contribution < 1.29 is 9.13 Å². The maximum Gasteiger partial charge on any atom is 0.168 e. The Hall–Kier alpha value is -0.630. The second kappa shape index (κ2) is 4.74. The summed E-state index contributed by atoms with van der Waals surface area (Å²) < 4.78 is 18.7. The number of thiocarbonyl (C=S) groups is 1. The van der Waals surface area contributed by atoms with Crippen LogP contribution in [0.1, 0.15) is 0 Å². The number of methoxy groups -OCH3 is 1. The van der Waals surface area contributed by atoms with Gasteiger partial charge in [0.25, 0.3) is 0 Å². The summed E-state index contributed by atoms with van der Waals surface area (Å²) in [7, 11) is 1.47. The molecule has 0 heterocycles. The van der Waals surface area contributed by atoms with E-state index in [1.807, 2.05) is 22.6 Å². The van der Waals surface area contributed by atoms with Crippen LogP contribution in [0.5, 0.6) is 5.75 Å². The standard InChI is InChI=1S/C8H8FIN2OS/c1-13-6-3-4(12-8(11)14)2-5(9)7(6)10/h2-3H,1H3,(H3,11,12,14). The Bertz CT molecular complexity index is 373. The minimum atomic E-state index is -0.372. The number of hydrogen-bond donors (Lipinski definition) is 2. The molecule has 0 spiro atoms. The van der Waals surface area contributed by atoms with E-state index in [9.17, 15) is 4.39 Å².